The van der Waals surface area contributed by atoms with Gasteiger partial charge in [-0.2, -0.15) is 5.10 Å². The van der Waals surface area contributed by atoms with Gasteiger partial charge in [0.1, 0.15) is 5.82 Å². The molecule has 0 spiro atoms. The van der Waals surface area contributed by atoms with Crippen LogP contribution in [0.1, 0.15) is 64.2 Å². The average Bonchev–Trinajstić information content (AvgIpc) is 2.53. The zero-order valence-electron chi connectivity index (χ0n) is 10.9. The molecule has 0 radical (unpaired) electrons. The molecule has 1 N–H and O–H groups in total. The zero-order chi connectivity index (χ0) is 12.3. The van der Waals surface area contributed by atoms with Gasteiger partial charge >= 0.3 is 0 Å². The molecule has 1 heterocycles. The van der Waals surface area contributed by atoms with Crippen molar-refractivity contribution in [3.8, 4) is 0 Å². The standard InChI is InChI=1S/C13H23N3S/c1-3-7-12-14-15-13(17)16(12)11-9-6-4-5-8-10(11)2/h10-11H,3-9H2,1-2H3,(H,15,17). The van der Waals surface area contributed by atoms with E-state index in [-0.39, 0.29) is 0 Å². The van der Waals surface area contributed by atoms with Crippen LogP contribution in [0.2, 0.25) is 0 Å². The third kappa shape index (κ3) is 2.79. The third-order valence-electron chi connectivity index (χ3n) is 3.90. The largest absolute Gasteiger partial charge is 0.301 e. The van der Waals surface area contributed by atoms with Crippen molar-refractivity contribution in [2.45, 2.75) is 64.8 Å². The first-order valence-corrected chi connectivity index (χ1v) is 7.30. The lowest BCUT2D eigenvalue weighted by atomic mass is 9.96. The Bertz CT molecular complexity index is 407. The van der Waals surface area contributed by atoms with Gasteiger partial charge in [0.25, 0.3) is 0 Å². The van der Waals surface area contributed by atoms with Gasteiger partial charge in [0.2, 0.25) is 0 Å². The van der Waals surface area contributed by atoms with E-state index >= 15 is 0 Å². The van der Waals surface area contributed by atoms with E-state index < -0.39 is 0 Å². The Balaban J connectivity index is 2.30. The first-order chi connectivity index (χ1) is 8.24. The molecule has 3 nitrogen and oxygen atoms in total. The number of nitrogens with zero attached hydrogens (tertiary/aromatic N) is 2. The molecule has 0 saturated heterocycles. The zero-order valence-corrected chi connectivity index (χ0v) is 11.7. The molecule has 96 valence electrons. The molecule has 2 atom stereocenters. The highest BCUT2D eigenvalue weighted by Gasteiger charge is 2.24. The van der Waals surface area contributed by atoms with Crippen LogP contribution < -0.4 is 0 Å². The van der Waals surface area contributed by atoms with Gasteiger partial charge in [-0.25, -0.2) is 0 Å². The van der Waals surface area contributed by atoms with E-state index in [4.69, 9.17) is 12.2 Å². The number of aromatic nitrogens is 3. The Labute approximate surface area is 109 Å². The number of rotatable bonds is 3. The van der Waals surface area contributed by atoms with Crippen molar-refractivity contribution < 1.29 is 0 Å². The summed E-state index contributed by atoms with van der Waals surface area (Å²) in [5.41, 5.74) is 0. The second-order valence-electron chi connectivity index (χ2n) is 5.25. The summed E-state index contributed by atoms with van der Waals surface area (Å²) in [7, 11) is 0. The van der Waals surface area contributed by atoms with Crippen molar-refractivity contribution >= 4 is 12.2 Å². The Morgan fingerprint density at radius 2 is 2.12 bits per heavy atom. The van der Waals surface area contributed by atoms with Gasteiger partial charge in [-0.15, -0.1) is 0 Å². The van der Waals surface area contributed by atoms with Crippen LogP contribution in [0.5, 0.6) is 0 Å². The second-order valence-corrected chi connectivity index (χ2v) is 5.63. The van der Waals surface area contributed by atoms with Crippen LogP contribution in [-0.4, -0.2) is 14.8 Å². The third-order valence-corrected chi connectivity index (χ3v) is 4.19. The van der Waals surface area contributed by atoms with Crippen LogP contribution in [0.3, 0.4) is 0 Å². The van der Waals surface area contributed by atoms with E-state index in [1.165, 1.54) is 32.1 Å². The predicted molar refractivity (Wildman–Crippen MR) is 72.7 cm³/mol. The van der Waals surface area contributed by atoms with Gasteiger partial charge < -0.3 is 4.57 Å². The monoisotopic (exact) mass is 253 g/mol. The molecule has 1 aliphatic rings. The highest BCUT2D eigenvalue weighted by atomic mass is 32.1. The number of hydrogen-bond donors (Lipinski definition) is 1. The van der Waals surface area contributed by atoms with Crippen molar-refractivity contribution in [2.75, 3.05) is 0 Å². The maximum absolute atomic E-state index is 5.41. The Kier molecular flexibility index (Phi) is 4.37. The number of H-pyrrole nitrogens is 1. The van der Waals surface area contributed by atoms with Crippen LogP contribution in [0.4, 0.5) is 0 Å². The molecule has 4 heteroatoms. The van der Waals surface area contributed by atoms with E-state index in [1.807, 2.05) is 0 Å². The second kappa shape index (κ2) is 5.80. The van der Waals surface area contributed by atoms with Gasteiger partial charge in [0.05, 0.1) is 0 Å². The lowest BCUT2D eigenvalue weighted by molar-refractivity contribution is 0.322. The number of aryl methyl sites for hydroxylation is 1. The summed E-state index contributed by atoms with van der Waals surface area (Å²) in [6.07, 6.45) is 8.79. The van der Waals surface area contributed by atoms with Gasteiger partial charge in [-0.1, -0.05) is 33.1 Å². The molecule has 0 bridgehead atoms. The fourth-order valence-electron chi connectivity index (χ4n) is 2.94. The highest BCUT2D eigenvalue weighted by molar-refractivity contribution is 7.71. The fraction of sp³-hybridized carbons (Fsp3) is 0.846. The molecule has 1 saturated carbocycles. The van der Waals surface area contributed by atoms with Gasteiger partial charge in [0, 0.05) is 12.5 Å². The molecule has 1 fully saturated rings. The quantitative estimate of drug-likeness (QED) is 0.651. The predicted octanol–water partition coefficient (Wildman–Crippen LogP) is 4.03. The summed E-state index contributed by atoms with van der Waals surface area (Å²) >= 11 is 5.41. The van der Waals surface area contributed by atoms with Crippen LogP contribution in [0, 0.1) is 10.7 Å². The highest BCUT2D eigenvalue weighted by Crippen LogP contribution is 2.33. The van der Waals surface area contributed by atoms with Crippen LogP contribution in [-0.2, 0) is 6.42 Å². The van der Waals surface area contributed by atoms with Gasteiger partial charge in [-0.05, 0) is 37.4 Å². The van der Waals surface area contributed by atoms with E-state index in [0.29, 0.717) is 6.04 Å². The van der Waals surface area contributed by atoms with Crippen molar-refractivity contribution in [1.29, 1.82) is 0 Å². The van der Waals surface area contributed by atoms with Crippen LogP contribution in [0.15, 0.2) is 0 Å². The summed E-state index contributed by atoms with van der Waals surface area (Å²) < 4.78 is 3.11. The van der Waals surface area contributed by atoms with Gasteiger partial charge in [-0.3, -0.25) is 5.10 Å². The molecular weight excluding hydrogens is 230 g/mol. The maximum Gasteiger partial charge on any atom is 0.195 e. The van der Waals surface area contributed by atoms with Crippen LogP contribution >= 0.6 is 12.2 Å². The molecule has 0 aliphatic heterocycles. The lowest BCUT2D eigenvalue weighted by Gasteiger charge is -2.24. The summed E-state index contributed by atoms with van der Waals surface area (Å²) in [5.74, 6) is 1.87. The number of aromatic amines is 1. The van der Waals surface area contributed by atoms with Gasteiger partial charge in [0.15, 0.2) is 4.77 Å². The lowest BCUT2D eigenvalue weighted by Crippen LogP contribution is -2.18. The minimum Gasteiger partial charge on any atom is -0.301 e. The summed E-state index contributed by atoms with van der Waals surface area (Å²) in [6.45, 7) is 4.55. The topological polar surface area (TPSA) is 33.6 Å². The SMILES string of the molecule is CCCc1n[nH]c(=S)n1C1CCCCCC1C. The van der Waals surface area contributed by atoms with E-state index in [2.05, 4.69) is 28.6 Å². The minimum absolute atomic E-state index is 0.560. The summed E-state index contributed by atoms with van der Waals surface area (Å²) in [6, 6.07) is 0.560. The van der Waals surface area contributed by atoms with Crippen molar-refractivity contribution in [2.24, 2.45) is 5.92 Å². The minimum atomic E-state index is 0.560. The molecule has 0 aromatic carbocycles. The molecule has 1 aromatic heterocycles. The van der Waals surface area contributed by atoms with Crippen molar-refractivity contribution in [3.63, 3.8) is 0 Å². The Morgan fingerprint density at radius 1 is 1.35 bits per heavy atom. The van der Waals surface area contributed by atoms with Crippen molar-refractivity contribution in [1.82, 2.24) is 14.8 Å². The van der Waals surface area contributed by atoms with Crippen molar-refractivity contribution in [3.05, 3.63) is 10.6 Å². The Morgan fingerprint density at radius 3 is 2.88 bits per heavy atom. The molecule has 1 aromatic rings. The smallest absolute Gasteiger partial charge is 0.195 e. The molecule has 2 rings (SSSR count). The number of hydrogen-bond acceptors (Lipinski definition) is 2. The first-order valence-electron chi connectivity index (χ1n) is 6.89. The normalized spacial score (nSPS) is 25.8. The Hall–Kier alpha value is -0.640. The summed E-state index contributed by atoms with van der Waals surface area (Å²) in [4.78, 5) is 0. The molecule has 17 heavy (non-hydrogen) atoms. The molecule has 2 unspecified atom stereocenters. The van der Waals surface area contributed by atoms with E-state index in [0.717, 1.165) is 29.4 Å². The van der Waals surface area contributed by atoms with E-state index in [9.17, 15) is 0 Å². The summed E-state index contributed by atoms with van der Waals surface area (Å²) in [5, 5.41) is 7.37. The first kappa shape index (κ1) is 12.8. The fourth-order valence-corrected chi connectivity index (χ4v) is 3.22. The number of nitrogens with one attached hydrogen (secondary N) is 1. The van der Waals surface area contributed by atoms with E-state index in [1.54, 1.807) is 0 Å². The van der Waals surface area contributed by atoms with Crippen LogP contribution in [0.25, 0.3) is 0 Å². The molecular formula is C13H23N3S. The molecule has 1 aliphatic carbocycles. The maximum atomic E-state index is 5.41. The molecule has 0 amide bonds. The average molecular weight is 253 g/mol.